The van der Waals surface area contributed by atoms with E-state index in [1.54, 1.807) is 24.6 Å². The Labute approximate surface area is 168 Å². The van der Waals surface area contributed by atoms with Crippen LogP contribution in [0.25, 0.3) is 21.3 Å². The summed E-state index contributed by atoms with van der Waals surface area (Å²) in [7, 11) is 1.65. The zero-order valence-electron chi connectivity index (χ0n) is 15.8. The SMILES string of the molecule is CCCOc1cccc(Nc2nc3ccc(-c4cncc(OC)c4)cc3s2)c1. The van der Waals surface area contributed by atoms with Crippen molar-refractivity contribution in [2.45, 2.75) is 13.3 Å². The van der Waals surface area contributed by atoms with Gasteiger partial charge in [0.2, 0.25) is 0 Å². The van der Waals surface area contributed by atoms with Crippen LogP contribution < -0.4 is 14.8 Å². The van der Waals surface area contributed by atoms with Gasteiger partial charge in [0.1, 0.15) is 11.5 Å². The lowest BCUT2D eigenvalue weighted by Gasteiger charge is -2.07. The van der Waals surface area contributed by atoms with Crippen molar-refractivity contribution < 1.29 is 9.47 Å². The Bertz CT molecular complexity index is 1090. The number of methoxy groups -OCH3 is 1. The lowest BCUT2D eigenvalue weighted by Crippen LogP contribution is -1.96. The second kappa shape index (κ2) is 8.27. The predicted molar refractivity (Wildman–Crippen MR) is 115 cm³/mol. The summed E-state index contributed by atoms with van der Waals surface area (Å²) in [5.41, 5.74) is 4.03. The molecule has 28 heavy (non-hydrogen) atoms. The second-order valence-electron chi connectivity index (χ2n) is 6.32. The van der Waals surface area contributed by atoms with Crippen LogP contribution in [0.15, 0.2) is 60.9 Å². The Balaban J connectivity index is 1.58. The van der Waals surface area contributed by atoms with Gasteiger partial charge >= 0.3 is 0 Å². The van der Waals surface area contributed by atoms with Crippen molar-refractivity contribution in [2.24, 2.45) is 0 Å². The first-order valence-electron chi connectivity index (χ1n) is 9.15. The van der Waals surface area contributed by atoms with Crippen molar-refractivity contribution in [1.29, 1.82) is 0 Å². The molecule has 0 atom stereocenters. The Kier molecular flexibility index (Phi) is 5.39. The molecule has 0 saturated carbocycles. The maximum Gasteiger partial charge on any atom is 0.188 e. The number of nitrogens with zero attached hydrogens (tertiary/aromatic N) is 2. The molecule has 0 bridgehead atoms. The second-order valence-corrected chi connectivity index (χ2v) is 7.35. The number of thiazole rings is 1. The largest absolute Gasteiger partial charge is 0.495 e. The van der Waals surface area contributed by atoms with E-state index in [1.807, 2.05) is 42.6 Å². The van der Waals surface area contributed by atoms with Gasteiger partial charge < -0.3 is 14.8 Å². The monoisotopic (exact) mass is 391 g/mol. The molecule has 0 aliphatic rings. The number of anilines is 2. The van der Waals surface area contributed by atoms with E-state index in [4.69, 9.17) is 14.5 Å². The van der Waals surface area contributed by atoms with Crippen molar-refractivity contribution in [2.75, 3.05) is 19.0 Å². The normalized spacial score (nSPS) is 10.8. The van der Waals surface area contributed by atoms with E-state index in [0.29, 0.717) is 6.61 Å². The van der Waals surface area contributed by atoms with Gasteiger partial charge in [-0.05, 0) is 42.3 Å². The number of aromatic nitrogens is 2. The number of pyridine rings is 1. The lowest BCUT2D eigenvalue weighted by molar-refractivity contribution is 0.317. The summed E-state index contributed by atoms with van der Waals surface area (Å²) < 4.78 is 12.1. The van der Waals surface area contributed by atoms with Crippen LogP contribution in [0.1, 0.15) is 13.3 Å². The van der Waals surface area contributed by atoms with Gasteiger partial charge in [-0.15, -0.1) is 0 Å². The zero-order chi connectivity index (χ0) is 19.3. The van der Waals surface area contributed by atoms with Gasteiger partial charge in [-0.25, -0.2) is 4.98 Å². The maximum absolute atomic E-state index is 5.70. The molecule has 4 aromatic rings. The molecule has 0 aliphatic heterocycles. The van der Waals surface area contributed by atoms with E-state index in [1.165, 1.54) is 0 Å². The van der Waals surface area contributed by atoms with Crippen LogP contribution in [0.4, 0.5) is 10.8 Å². The van der Waals surface area contributed by atoms with E-state index in [9.17, 15) is 0 Å². The highest BCUT2D eigenvalue weighted by Crippen LogP contribution is 2.33. The fourth-order valence-corrected chi connectivity index (χ4v) is 3.78. The van der Waals surface area contributed by atoms with E-state index in [2.05, 4.69) is 29.4 Å². The Hall–Kier alpha value is -3.12. The van der Waals surface area contributed by atoms with E-state index >= 15 is 0 Å². The molecule has 0 fully saturated rings. The average molecular weight is 391 g/mol. The molecule has 0 radical (unpaired) electrons. The van der Waals surface area contributed by atoms with E-state index in [0.717, 1.165) is 50.1 Å². The molecule has 1 N–H and O–H groups in total. The number of nitrogens with one attached hydrogen (secondary N) is 1. The summed E-state index contributed by atoms with van der Waals surface area (Å²) in [6.45, 7) is 2.81. The summed E-state index contributed by atoms with van der Waals surface area (Å²) in [5.74, 6) is 1.61. The number of fused-ring (bicyclic) bond motifs is 1. The third kappa shape index (κ3) is 4.07. The molecule has 6 heteroatoms. The topological polar surface area (TPSA) is 56.3 Å². The molecule has 0 spiro atoms. The summed E-state index contributed by atoms with van der Waals surface area (Å²) in [6.07, 6.45) is 4.53. The first-order valence-corrected chi connectivity index (χ1v) is 9.96. The van der Waals surface area contributed by atoms with Crippen molar-refractivity contribution in [1.82, 2.24) is 9.97 Å². The van der Waals surface area contributed by atoms with Crippen LogP contribution in [0.5, 0.6) is 11.5 Å². The highest BCUT2D eigenvalue weighted by atomic mass is 32.1. The highest BCUT2D eigenvalue weighted by molar-refractivity contribution is 7.22. The minimum absolute atomic E-state index is 0.715. The quantitative estimate of drug-likeness (QED) is 0.425. The first kappa shape index (κ1) is 18.3. The summed E-state index contributed by atoms with van der Waals surface area (Å²) in [6, 6.07) is 16.2. The van der Waals surface area contributed by atoms with Crippen LogP contribution in [-0.2, 0) is 0 Å². The Morgan fingerprint density at radius 2 is 1.93 bits per heavy atom. The van der Waals surface area contributed by atoms with Gasteiger partial charge in [-0.2, -0.15) is 0 Å². The van der Waals surface area contributed by atoms with Crippen LogP contribution in [0, 0.1) is 0 Å². The van der Waals surface area contributed by atoms with Gasteiger partial charge in [0.05, 0.1) is 30.1 Å². The van der Waals surface area contributed by atoms with Crippen molar-refractivity contribution >= 4 is 32.4 Å². The minimum atomic E-state index is 0.715. The third-order valence-corrected chi connectivity index (χ3v) is 5.16. The summed E-state index contributed by atoms with van der Waals surface area (Å²) in [4.78, 5) is 8.94. The van der Waals surface area contributed by atoms with Gasteiger partial charge in [-0.3, -0.25) is 4.98 Å². The highest BCUT2D eigenvalue weighted by Gasteiger charge is 2.08. The zero-order valence-corrected chi connectivity index (χ0v) is 16.6. The van der Waals surface area contributed by atoms with Crippen LogP contribution in [0.2, 0.25) is 0 Å². The van der Waals surface area contributed by atoms with E-state index in [-0.39, 0.29) is 0 Å². The molecule has 2 heterocycles. The lowest BCUT2D eigenvalue weighted by atomic mass is 10.1. The smallest absolute Gasteiger partial charge is 0.188 e. The molecule has 2 aromatic heterocycles. The van der Waals surface area contributed by atoms with Gasteiger partial charge in [0, 0.05) is 23.5 Å². The number of hydrogen-bond acceptors (Lipinski definition) is 6. The number of rotatable bonds is 7. The standard InChI is InChI=1S/C22H21N3O2S/c1-3-9-27-18-6-4-5-17(12-18)24-22-25-20-8-7-15(11-21(20)28-22)16-10-19(26-2)14-23-13-16/h4-8,10-14H,3,9H2,1-2H3,(H,24,25). The van der Waals surface area contributed by atoms with Crippen LogP contribution >= 0.6 is 11.3 Å². The number of ether oxygens (including phenoxy) is 2. The first-order chi connectivity index (χ1) is 13.7. The molecule has 0 saturated heterocycles. The number of benzene rings is 2. The maximum atomic E-state index is 5.70. The molecule has 0 unspecified atom stereocenters. The predicted octanol–water partition coefficient (Wildman–Crippen LogP) is 5.90. The molecule has 5 nitrogen and oxygen atoms in total. The van der Waals surface area contributed by atoms with Gasteiger partial charge in [0.15, 0.2) is 5.13 Å². The van der Waals surface area contributed by atoms with E-state index < -0.39 is 0 Å². The Morgan fingerprint density at radius 3 is 2.79 bits per heavy atom. The van der Waals surface area contributed by atoms with Crippen LogP contribution in [0.3, 0.4) is 0 Å². The fourth-order valence-electron chi connectivity index (χ4n) is 2.85. The van der Waals surface area contributed by atoms with Crippen molar-refractivity contribution in [3.63, 3.8) is 0 Å². The molecule has 0 aliphatic carbocycles. The fraction of sp³-hybridized carbons (Fsp3) is 0.182. The van der Waals surface area contributed by atoms with Crippen molar-refractivity contribution in [3.05, 3.63) is 60.9 Å². The summed E-state index contributed by atoms with van der Waals surface area (Å²) in [5, 5.41) is 4.23. The van der Waals surface area contributed by atoms with Gasteiger partial charge in [-0.1, -0.05) is 30.4 Å². The van der Waals surface area contributed by atoms with Crippen molar-refractivity contribution in [3.8, 4) is 22.6 Å². The number of hydrogen-bond donors (Lipinski definition) is 1. The van der Waals surface area contributed by atoms with Gasteiger partial charge in [0.25, 0.3) is 0 Å². The third-order valence-electron chi connectivity index (χ3n) is 4.23. The molecule has 0 amide bonds. The Morgan fingerprint density at radius 1 is 1.00 bits per heavy atom. The molecule has 4 rings (SSSR count). The molecular weight excluding hydrogens is 370 g/mol. The van der Waals surface area contributed by atoms with Crippen LogP contribution in [-0.4, -0.2) is 23.7 Å². The summed E-state index contributed by atoms with van der Waals surface area (Å²) >= 11 is 1.62. The molecule has 142 valence electrons. The average Bonchev–Trinajstić information content (AvgIpc) is 3.14. The minimum Gasteiger partial charge on any atom is -0.495 e. The molecule has 2 aromatic carbocycles. The molecular formula is C22H21N3O2S.